The SMILES string of the molecule is O=C(CCc1ccnc(Cl)c1)[C@@H]1CCCN1S(=O)(=O)c1cc2ccccc2o1. The van der Waals surface area contributed by atoms with Crippen LogP contribution in [0.2, 0.25) is 5.15 Å². The summed E-state index contributed by atoms with van der Waals surface area (Å²) in [5.41, 5.74) is 1.41. The number of nitrogens with zero attached hydrogens (tertiary/aromatic N) is 2. The average molecular weight is 419 g/mol. The molecule has 0 radical (unpaired) electrons. The largest absolute Gasteiger partial charge is 0.443 e. The Morgan fingerprint density at radius 1 is 1.25 bits per heavy atom. The fourth-order valence-electron chi connectivity index (χ4n) is 3.58. The number of sulfonamides is 1. The molecule has 0 saturated carbocycles. The van der Waals surface area contributed by atoms with Crippen molar-refractivity contribution < 1.29 is 17.6 Å². The van der Waals surface area contributed by atoms with Gasteiger partial charge in [-0.2, -0.15) is 4.31 Å². The number of Topliss-reactive ketones (excluding diaryl/α,β-unsaturated/α-hetero) is 1. The molecule has 1 aromatic carbocycles. The number of hydrogen-bond acceptors (Lipinski definition) is 5. The number of halogens is 1. The van der Waals surface area contributed by atoms with Gasteiger partial charge in [-0.3, -0.25) is 4.79 Å². The van der Waals surface area contributed by atoms with Gasteiger partial charge in [0.05, 0.1) is 6.04 Å². The molecule has 2 aromatic heterocycles. The predicted molar refractivity (Wildman–Crippen MR) is 106 cm³/mol. The second-order valence-electron chi connectivity index (χ2n) is 6.83. The number of ketones is 1. The van der Waals surface area contributed by atoms with Crippen LogP contribution in [0.15, 0.2) is 58.2 Å². The molecule has 8 heteroatoms. The van der Waals surface area contributed by atoms with Crippen LogP contribution in [0, 0.1) is 0 Å². The van der Waals surface area contributed by atoms with Crippen molar-refractivity contribution in [1.82, 2.24) is 9.29 Å². The smallest absolute Gasteiger partial charge is 0.277 e. The number of carbonyl (C=O) groups excluding carboxylic acids is 1. The number of aryl methyl sites for hydroxylation is 1. The van der Waals surface area contributed by atoms with Crippen molar-refractivity contribution in [3.63, 3.8) is 0 Å². The van der Waals surface area contributed by atoms with E-state index < -0.39 is 16.1 Å². The molecule has 1 saturated heterocycles. The normalized spacial score (nSPS) is 18.0. The van der Waals surface area contributed by atoms with Gasteiger partial charge in [0.15, 0.2) is 5.78 Å². The Morgan fingerprint density at radius 2 is 2.07 bits per heavy atom. The van der Waals surface area contributed by atoms with E-state index in [1.165, 1.54) is 10.4 Å². The van der Waals surface area contributed by atoms with Crippen molar-refractivity contribution in [2.45, 2.75) is 36.8 Å². The van der Waals surface area contributed by atoms with Gasteiger partial charge in [0.1, 0.15) is 10.7 Å². The maximum absolute atomic E-state index is 13.1. The molecule has 0 bridgehead atoms. The molecule has 0 aliphatic carbocycles. The summed E-state index contributed by atoms with van der Waals surface area (Å²) in [5, 5.41) is 0.979. The monoisotopic (exact) mass is 418 g/mol. The summed E-state index contributed by atoms with van der Waals surface area (Å²) in [4.78, 5) is 16.7. The first-order valence-electron chi connectivity index (χ1n) is 9.09. The standard InChI is InChI=1S/C20H19ClN2O4S/c21-19-12-14(9-10-22-19)7-8-17(24)16-5-3-11-23(16)28(25,26)20-13-15-4-1-2-6-18(15)27-20/h1-2,4,6,9-10,12-13,16H,3,5,7-8,11H2/t16-/m0/s1. The second kappa shape index (κ2) is 7.66. The topological polar surface area (TPSA) is 80.5 Å². The summed E-state index contributed by atoms with van der Waals surface area (Å²) in [7, 11) is -3.87. The zero-order valence-electron chi connectivity index (χ0n) is 15.0. The third kappa shape index (κ3) is 3.70. The zero-order valence-corrected chi connectivity index (χ0v) is 16.6. The van der Waals surface area contributed by atoms with Gasteiger partial charge in [0, 0.05) is 30.6 Å². The molecule has 1 fully saturated rings. The molecule has 6 nitrogen and oxygen atoms in total. The molecule has 0 amide bonds. The first-order chi connectivity index (χ1) is 13.4. The molecule has 1 aliphatic heterocycles. The van der Waals surface area contributed by atoms with E-state index in [1.807, 2.05) is 6.07 Å². The molecule has 4 rings (SSSR count). The number of fused-ring (bicyclic) bond motifs is 1. The van der Waals surface area contributed by atoms with E-state index >= 15 is 0 Å². The van der Waals surface area contributed by atoms with E-state index in [2.05, 4.69) is 4.98 Å². The summed E-state index contributed by atoms with van der Waals surface area (Å²) in [6.45, 7) is 0.316. The van der Waals surface area contributed by atoms with Crippen molar-refractivity contribution in [2.75, 3.05) is 6.54 Å². The molecule has 28 heavy (non-hydrogen) atoms. The molecule has 146 valence electrons. The highest BCUT2D eigenvalue weighted by molar-refractivity contribution is 7.89. The minimum Gasteiger partial charge on any atom is -0.443 e. The Bertz CT molecular complexity index is 1090. The second-order valence-corrected chi connectivity index (χ2v) is 9.04. The highest BCUT2D eigenvalue weighted by Crippen LogP contribution is 2.30. The first kappa shape index (κ1) is 19.1. The Hall–Kier alpha value is -2.22. The number of pyridine rings is 1. The summed E-state index contributed by atoms with van der Waals surface area (Å²) in [6, 6.07) is 11.5. The highest BCUT2D eigenvalue weighted by atomic mass is 35.5. The van der Waals surface area contributed by atoms with Gasteiger partial charge in [-0.05, 0) is 43.0 Å². The molecule has 0 spiro atoms. The third-order valence-electron chi connectivity index (χ3n) is 4.99. The molecule has 0 N–H and O–H groups in total. The van der Waals surface area contributed by atoms with Crippen LogP contribution in [0.5, 0.6) is 0 Å². The lowest BCUT2D eigenvalue weighted by molar-refractivity contribution is -0.122. The minimum atomic E-state index is -3.87. The maximum Gasteiger partial charge on any atom is 0.277 e. The fraction of sp³-hybridized carbons (Fsp3) is 0.300. The van der Waals surface area contributed by atoms with Crippen molar-refractivity contribution in [3.8, 4) is 0 Å². The summed E-state index contributed by atoms with van der Waals surface area (Å²) in [6.07, 6.45) is 3.51. The van der Waals surface area contributed by atoms with Gasteiger partial charge in [-0.1, -0.05) is 29.8 Å². The molecule has 3 aromatic rings. The van der Waals surface area contributed by atoms with Gasteiger partial charge in [0.2, 0.25) is 5.09 Å². The van der Waals surface area contributed by atoms with E-state index in [0.717, 1.165) is 10.9 Å². The number of benzene rings is 1. The summed E-state index contributed by atoms with van der Waals surface area (Å²) >= 11 is 5.88. The highest BCUT2D eigenvalue weighted by Gasteiger charge is 2.40. The molecule has 1 atom stereocenters. The lowest BCUT2D eigenvalue weighted by Crippen LogP contribution is -2.40. The van der Waals surface area contributed by atoms with E-state index in [1.54, 1.807) is 36.5 Å². The van der Waals surface area contributed by atoms with Crippen molar-refractivity contribution in [3.05, 3.63) is 59.4 Å². The van der Waals surface area contributed by atoms with Crippen LogP contribution in [0.1, 0.15) is 24.8 Å². The average Bonchev–Trinajstić information content (AvgIpc) is 3.34. The van der Waals surface area contributed by atoms with E-state index in [9.17, 15) is 13.2 Å². The van der Waals surface area contributed by atoms with Crippen molar-refractivity contribution in [1.29, 1.82) is 0 Å². The first-order valence-corrected chi connectivity index (χ1v) is 10.9. The van der Waals surface area contributed by atoms with E-state index in [0.29, 0.717) is 36.5 Å². The lowest BCUT2D eigenvalue weighted by atomic mass is 10.0. The molecular formula is C20H19ClN2O4S. The van der Waals surface area contributed by atoms with Crippen LogP contribution >= 0.6 is 11.6 Å². The van der Waals surface area contributed by atoms with Crippen LogP contribution in [0.4, 0.5) is 0 Å². The van der Waals surface area contributed by atoms with Crippen LogP contribution in [0.3, 0.4) is 0 Å². The number of carbonyl (C=O) groups is 1. The van der Waals surface area contributed by atoms with Gasteiger partial charge in [-0.25, -0.2) is 13.4 Å². The quantitative estimate of drug-likeness (QED) is 0.568. The summed E-state index contributed by atoms with van der Waals surface area (Å²) in [5.74, 6) is -0.0925. The Labute approximate surface area is 168 Å². The molecular weight excluding hydrogens is 400 g/mol. The fourth-order valence-corrected chi connectivity index (χ4v) is 5.41. The zero-order chi connectivity index (χ0) is 19.7. The maximum atomic E-state index is 13.1. The van der Waals surface area contributed by atoms with Crippen molar-refractivity contribution >= 4 is 38.4 Å². The number of rotatable bonds is 6. The molecule has 1 aliphatic rings. The van der Waals surface area contributed by atoms with Crippen LogP contribution < -0.4 is 0 Å². The van der Waals surface area contributed by atoms with Gasteiger partial charge >= 0.3 is 0 Å². The number of hydrogen-bond donors (Lipinski definition) is 0. The van der Waals surface area contributed by atoms with Crippen LogP contribution in [-0.2, 0) is 21.2 Å². The Balaban J connectivity index is 1.52. The van der Waals surface area contributed by atoms with E-state index in [-0.39, 0.29) is 17.3 Å². The predicted octanol–water partition coefficient (Wildman–Crippen LogP) is 3.84. The van der Waals surface area contributed by atoms with Gasteiger partial charge in [-0.15, -0.1) is 0 Å². The van der Waals surface area contributed by atoms with Crippen LogP contribution in [0.25, 0.3) is 11.0 Å². The third-order valence-corrected chi connectivity index (χ3v) is 6.96. The summed E-state index contributed by atoms with van der Waals surface area (Å²) < 4.78 is 33.0. The van der Waals surface area contributed by atoms with Crippen molar-refractivity contribution in [2.24, 2.45) is 0 Å². The number of furan rings is 1. The number of para-hydroxylation sites is 1. The molecule has 0 unspecified atom stereocenters. The van der Waals surface area contributed by atoms with Gasteiger partial charge in [0.25, 0.3) is 10.0 Å². The lowest BCUT2D eigenvalue weighted by Gasteiger charge is -2.21. The van der Waals surface area contributed by atoms with Crippen LogP contribution in [-0.4, -0.2) is 36.1 Å². The minimum absolute atomic E-state index is 0.0925. The Morgan fingerprint density at radius 3 is 2.86 bits per heavy atom. The van der Waals surface area contributed by atoms with Gasteiger partial charge < -0.3 is 4.42 Å². The molecule has 3 heterocycles. The number of aromatic nitrogens is 1. The van der Waals surface area contributed by atoms with E-state index in [4.69, 9.17) is 16.0 Å². The Kier molecular flexibility index (Phi) is 5.23.